The third-order valence-electron chi connectivity index (χ3n) is 2.10. The number of rotatable bonds is 4. The van der Waals surface area contributed by atoms with Crippen LogP contribution >= 0.6 is 11.8 Å². The van der Waals surface area contributed by atoms with Crippen molar-refractivity contribution in [2.24, 2.45) is 0 Å². The van der Waals surface area contributed by atoms with Crippen molar-refractivity contribution in [2.45, 2.75) is 17.3 Å². The zero-order chi connectivity index (χ0) is 12.3. The van der Waals surface area contributed by atoms with Gasteiger partial charge in [-0.1, -0.05) is 23.9 Å². The molecule has 17 heavy (non-hydrogen) atoms. The minimum atomic E-state index is -2.50. The fraction of sp³-hybridized carbons (Fsp3) is 0.200. The van der Waals surface area contributed by atoms with E-state index in [4.69, 9.17) is 5.11 Å². The lowest BCUT2D eigenvalue weighted by Gasteiger charge is -2.10. The van der Waals surface area contributed by atoms with E-state index in [1.807, 2.05) is 0 Å². The van der Waals surface area contributed by atoms with Crippen LogP contribution in [0.25, 0.3) is 5.69 Å². The van der Waals surface area contributed by atoms with E-state index in [2.05, 4.69) is 10.2 Å². The normalized spacial score (nSPS) is 11.1. The molecule has 0 atom stereocenters. The van der Waals surface area contributed by atoms with Crippen LogP contribution in [0.4, 0.5) is 8.78 Å². The zero-order valence-corrected chi connectivity index (χ0v) is 9.44. The number of nitrogens with zero attached hydrogens (tertiary/aromatic N) is 3. The van der Waals surface area contributed by atoms with E-state index in [1.54, 1.807) is 24.3 Å². The Labute approximate surface area is 100 Å². The van der Waals surface area contributed by atoms with Crippen LogP contribution in [0, 0.1) is 0 Å². The number of aliphatic hydroxyl groups excluding tert-OH is 1. The van der Waals surface area contributed by atoms with Crippen molar-refractivity contribution in [3.8, 4) is 5.69 Å². The number of thioether (sulfide) groups is 1. The first-order valence-corrected chi connectivity index (χ1v) is 5.64. The van der Waals surface area contributed by atoms with Gasteiger partial charge in [-0.15, -0.1) is 10.2 Å². The van der Waals surface area contributed by atoms with Gasteiger partial charge in [0.05, 0.1) is 5.69 Å². The minimum absolute atomic E-state index is 0.298. The summed E-state index contributed by atoms with van der Waals surface area (Å²) in [6.07, 6.45) is 1.39. The highest BCUT2D eigenvalue weighted by molar-refractivity contribution is 7.99. The maximum Gasteiger partial charge on any atom is 0.288 e. The van der Waals surface area contributed by atoms with E-state index in [0.717, 1.165) is 0 Å². The monoisotopic (exact) mass is 257 g/mol. The Morgan fingerprint density at radius 2 is 2.12 bits per heavy atom. The molecule has 1 N–H and O–H groups in total. The molecule has 0 fully saturated rings. The van der Waals surface area contributed by atoms with Gasteiger partial charge in [0.25, 0.3) is 5.76 Å². The van der Waals surface area contributed by atoms with E-state index < -0.39 is 5.76 Å². The number of para-hydroxylation sites is 1. The van der Waals surface area contributed by atoms with Crippen molar-refractivity contribution >= 4 is 11.8 Å². The number of hydrogen-bond donors (Lipinski definition) is 1. The molecule has 0 aliphatic rings. The summed E-state index contributed by atoms with van der Waals surface area (Å²) >= 11 is 0.451. The summed E-state index contributed by atoms with van der Waals surface area (Å²) in [4.78, 5) is 0.414. The predicted molar refractivity (Wildman–Crippen MR) is 59.1 cm³/mol. The molecule has 0 aliphatic heterocycles. The van der Waals surface area contributed by atoms with Gasteiger partial charge in [0.2, 0.25) is 0 Å². The molecule has 1 aromatic heterocycles. The van der Waals surface area contributed by atoms with Gasteiger partial charge in [-0.3, -0.25) is 4.57 Å². The number of hydrogen-bond acceptors (Lipinski definition) is 4. The van der Waals surface area contributed by atoms with E-state index in [-0.39, 0.29) is 6.61 Å². The topological polar surface area (TPSA) is 50.9 Å². The lowest BCUT2D eigenvalue weighted by molar-refractivity contribution is 0.252. The van der Waals surface area contributed by atoms with Gasteiger partial charge in [-0.2, -0.15) is 8.78 Å². The number of aromatic nitrogens is 3. The highest BCUT2D eigenvalue weighted by atomic mass is 32.2. The SMILES string of the molecule is OCc1nncn1-c1ccccc1SC(F)F. The molecule has 0 radical (unpaired) electrons. The lowest BCUT2D eigenvalue weighted by Crippen LogP contribution is -2.02. The smallest absolute Gasteiger partial charge is 0.288 e. The van der Waals surface area contributed by atoms with Crippen LogP contribution in [-0.4, -0.2) is 25.6 Å². The van der Waals surface area contributed by atoms with Crippen LogP contribution in [0.1, 0.15) is 5.82 Å². The van der Waals surface area contributed by atoms with Crippen LogP contribution in [0.15, 0.2) is 35.5 Å². The van der Waals surface area contributed by atoms with Crippen LogP contribution in [0.5, 0.6) is 0 Å². The molecule has 2 rings (SSSR count). The second kappa shape index (κ2) is 5.24. The van der Waals surface area contributed by atoms with Crippen molar-refractivity contribution in [1.29, 1.82) is 0 Å². The van der Waals surface area contributed by atoms with Crippen molar-refractivity contribution in [3.63, 3.8) is 0 Å². The van der Waals surface area contributed by atoms with Crippen LogP contribution in [-0.2, 0) is 6.61 Å². The molecular weight excluding hydrogens is 248 g/mol. The number of aliphatic hydroxyl groups is 1. The Kier molecular flexibility index (Phi) is 3.70. The fourth-order valence-electron chi connectivity index (χ4n) is 1.42. The van der Waals surface area contributed by atoms with E-state index in [9.17, 15) is 8.78 Å². The average Bonchev–Trinajstić information content (AvgIpc) is 2.77. The summed E-state index contributed by atoms with van der Waals surface area (Å²) < 4.78 is 26.3. The molecule has 0 bridgehead atoms. The van der Waals surface area contributed by atoms with E-state index in [0.29, 0.717) is 28.2 Å². The Hall–Kier alpha value is -1.47. The summed E-state index contributed by atoms with van der Waals surface area (Å²) in [7, 11) is 0. The molecule has 4 nitrogen and oxygen atoms in total. The molecule has 7 heteroatoms. The van der Waals surface area contributed by atoms with Crippen molar-refractivity contribution in [1.82, 2.24) is 14.8 Å². The molecule has 0 aliphatic carbocycles. The number of halogens is 2. The fourth-order valence-corrected chi connectivity index (χ4v) is 2.06. The Morgan fingerprint density at radius 1 is 1.35 bits per heavy atom. The molecule has 0 unspecified atom stereocenters. The molecule has 0 saturated heterocycles. The largest absolute Gasteiger partial charge is 0.388 e. The van der Waals surface area contributed by atoms with Gasteiger partial charge in [-0.05, 0) is 12.1 Å². The summed E-state index contributed by atoms with van der Waals surface area (Å²) in [5, 5.41) is 16.4. The van der Waals surface area contributed by atoms with Gasteiger partial charge in [-0.25, -0.2) is 0 Å². The maximum atomic E-state index is 12.4. The standard InChI is InChI=1S/C10H9F2N3OS/c11-10(12)17-8-4-2-1-3-7(8)15-6-13-14-9(15)5-16/h1-4,6,10,16H,5H2. The first kappa shape index (κ1) is 12.0. The van der Waals surface area contributed by atoms with E-state index >= 15 is 0 Å². The molecule has 2 aromatic rings. The predicted octanol–water partition coefficient (Wildman–Crippen LogP) is 2.07. The van der Waals surface area contributed by atoms with Crippen molar-refractivity contribution < 1.29 is 13.9 Å². The third kappa shape index (κ3) is 2.62. The highest BCUT2D eigenvalue weighted by Crippen LogP contribution is 2.30. The molecule has 90 valence electrons. The van der Waals surface area contributed by atoms with Gasteiger partial charge in [0.15, 0.2) is 5.82 Å². The Balaban J connectivity index is 2.44. The first-order valence-electron chi connectivity index (χ1n) is 4.76. The van der Waals surface area contributed by atoms with Gasteiger partial charge in [0, 0.05) is 4.90 Å². The van der Waals surface area contributed by atoms with Crippen LogP contribution in [0.3, 0.4) is 0 Å². The molecular formula is C10H9F2N3OS. The second-order valence-electron chi connectivity index (χ2n) is 3.12. The van der Waals surface area contributed by atoms with Gasteiger partial charge < -0.3 is 5.11 Å². The number of benzene rings is 1. The molecule has 0 spiro atoms. The molecule has 0 saturated carbocycles. The Bertz CT molecular complexity index is 504. The summed E-state index contributed by atoms with van der Waals surface area (Å²) in [6.45, 7) is -0.298. The molecule has 1 aromatic carbocycles. The van der Waals surface area contributed by atoms with Crippen molar-refractivity contribution in [3.05, 3.63) is 36.4 Å². The van der Waals surface area contributed by atoms with Crippen molar-refractivity contribution in [2.75, 3.05) is 0 Å². The second-order valence-corrected chi connectivity index (χ2v) is 4.15. The molecule has 0 amide bonds. The minimum Gasteiger partial charge on any atom is -0.388 e. The summed E-state index contributed by atoms with van der Waals surface area (Å²) in [5.74, 6) is -2.18. The maximum absolute atomic E-state index is 12.4. The zero-order valence-electron chi connectivity index (χ0n) is 8.62. The lowest BCUT2D eigenvalue weighted by atomic mass is 10.3. The van der Waals surface area contributed by atoms with Gasteiger partial charge in [0.1, 0.15) is 12.9 Å². The highest BCUT2D eigenvalue weighted by Gasteiger charge is 2.13. The summed E-state index contributed by atoms with van der Waals surface area (Å²) in [5.41, 5.74) is 0.534. The van der Waals surface area contributed by atoms with E-state index in [1.165, 1.54) is 10.9 Å². The average molecular weight is 257 g/mol. The number of alkyl halides is 2. The first-order chi connectivity index (χ1) is 8.22. The van der Waals surface area contributed by atoms with Gasteiger partial charge >= 0.3 is 0 Å². The quantitative estimate of drug-likeness (QED) is 0.852. The van der Waals surface area contributed by atoms with Crippen LogP contribution in [0.2, 0.25) is 0 Å². The third-order valence-corrected chi connectivity index (χ3v) is 2.88. The Morgan fingerprint density at radius 3 is 2.82 bits per heavy atom. The summed E-state index contributed by atoms with van der Waals surface area (Å²) in [6, 6.07) is 6.67. The molecule has 1 heterocycles. The van der Waals surface area contributed by atoms with Crippen LogP contribution < -0.4 is 0 Å².